The number of hydrogen-bond donors (Lipinski definition) is 2. The first-order valence-electron chi connectivity index (χ1n) is 9.89. The van der Waals surface area contributed by atoms with E-state index in [0.29, 0.717) is 34.0 Å². The number of ether oxygens (including phenoxy) is 1. The summed E-state index contributed by atoms with van der Waals surface area (Å²) < 4.78 is 65.9. The van der Waals surface area contributed by atoms with E-state index in [-0.39, 0.29) is 23.2 Å². The molecule has 1 aromatic heterocycles. The number of halogens is 3. The lowest BCUT2D eigenvalue weighted by Gasteiger charge is -2.14. The van der Waals surface area contributed by atoms with E-state index in [4.69, 9.17) is 16.3 Å². The van der Waals surface area contributed by atoms with Gasteiger partial charge in [0.25, 0.3) is 10.0 Å². The van der Waals surface area contributed by atoms with Crippen molar-refractivity contribution in [1.82, 2.24) is 9.36 Å². The average Bonchev–Trinajstić information content (AvgIpc) is 3.44. The van der Waals surface area contributed by atoms with Crippen LogP contribution in [0.5, 0.6) is 11.5 Å². The number of fused-ring (bicyclic) bond motifs is 1. The Kier molecular flexibility index (Phi) is 5.87. The maximum absolute atomic E-state index is 14.9. The van der Waals surface area contributed by atoms with Gasteiger partial charge in [0.15, 0.2) is 11.6 Å². The summed E-state index contributed by atoms with van der Waals surface area (Å²) in [5.41, 5.74) is 2.53. The molecule has 2 heterocycles. The fourth-order valence-electron chi connectivity index (χ4n) is 3.50. The fourth-order valence-corrected chi connectivity index (χ4v) is 5.41. The van der Waals surface area contributed by atoms with Crippen LogP contribution >= 0.6 is 23.1 Å². The number of carbonyl (C=O) groups excluding carboxylic acids is 1. The van der Waals surface area contributed by atoms with Crippen LogP contribution < -0.4 is 14.8 Å². The van der Waals surface area contributed by atoms with Crippen LogP contribution in [-0.2, 0) is 21.2 Å². The van der Waals surface area contributed by atoms with Crippen molar-refractivity contribution in [2.75, 3.05) is 10.0 Å². The number of nitrogens with one attached hydrogen (secondary N) is 2. The highest BCUT2D eigenvalue weighted by Crippen LogP contribution is 2.39. The number of nitrogens with zero attached hydrogens (tertiary/aromatic N) is 2. The summed E-state index contributed by atoms with van der Waals surface area (Å²) in [7, 11) is -4.46. The summed E-state index contributed by atoms with van der Waals surface area (Å²) in [5.74, 6) is -2.86. The highest BCUT2D eigenvalue weighted by atomic mass is 35.5. The van der Waals surface area contributed by atoms with Gasteiger partial charge in [-0.1, -0.05) is 23.7 Å². The molecule has 5 rings (SSSR count). The van der Waals surface area contributed by atoms with Crippen molar-refractivity contribution < 1.29 is 26.7 Å². The van der Waals surface area contributed by atoms with Crippen molar-refractivity contribution in [3.63, 3.8) is 0 Å². The molecule has 1 aliphatic rings. The summed E-state index contributed by atoms with van der Waals surface area (Å²) in [6.07, 6.45) is 1.39. The largest absolute Gasteiger partial charge is 0.454 e. The number of sulfonamides is 1. The zero-order valence-electron chi connectivity index (χ0n) is 17.4. The van der Waals surface area contributed by atoms with E-state index in [1.807, 2.05) is 4.72 Å². The zero-order chi connectivity index (χ0) is 24.7. The van der Waals surface area contributed by atoms with E-state index < -0.39 is 32.3 Å². The quantitative estimate of drug-likeness (QED) is 0.351. The lowest BCUT2D eigenvalue weighted by molar-refractivity contribution is -0.115. The molecular weight excluding hydrogens is 522 g/mol. The minimum atomic E-state index is -4.46. The molecular formula is C22H13ClF2N4O4S2. The second-order valence-electron chi connectivity index (χ2n) is 7.40. The molecule has 178 valence electrons. The Hall–Kier alpha value is -3.61. The third-order valence-corrected chi connectivity index (χ3v) is 7.36. The number of rotatable bonds is 6. The van der Waals surface area contributed by atoms with E-state index in [1.54, 1.807) is 24.3 Å². The molecule has 0 aliphatic carbocycles. The van der Waals surface area contributed by atoms with Gasteiger partial charge in [0.05, 0.1) is 6.42 Å². The third-order valence-electron chi connectivity index (χ3n) is 5.07. The molecule has 0 saturated heterocycles. The maximum atomic E-state index is 14.9. The van der Waals surface area contributed by atoms with Crippen LogP contribution in [0.15, 0.2) is 59.8 Å². The second kappa shape index (κ2) is 8.87. The van der Waals surface area contributed by atoms with Crippen LogP contribution in [0.1, 0.15) is 5.56 Å². The summed E-state index contributed by atoms with van der Waals surface area (Å²) >= 11 is 6.90. The van der Waals surface area contributed by atoms with Crippen LogP contribution in [0.25, 0.3) is 11.1 Å². The molecule has 3 aromatic carbocycles. The molecule has 0 bridgehead atoms. The Bertz CT molecular complexity index is 1580. The van der Waals surface area contributed by atoms with Crippen LogP contribution in [0.3, 0.4) is 0 Å². The van der Waals surface area contributed by atoms with Crippen molar-refractivity contribution in [2.24, 2.45) is 0 Å². The summed E-state index contributed by atoms with van der Waals surface area (Å²) in [6.45, 7) is 0. The first-order chi connectivity index (χ1) is 16.7. The van der Waals surface area contributed by atoms with Gasteiger partial charge in [-0.3, -0.25) is 9.52 Å². The lowest BCUT2D eigenvalue weighted by atomic mass is 10.0. The van der Waals surface area contributed by atoms with Crippen LogP contribution in [0, 0.1) is 11.6 Å². The summed E-state index contributed by atoms with van der Waals surface area (Å²) in [6, 6.07) is 11.0. The average molecular weight is 535 g/mol. The number of aromatic nitrogens is 2. The van der Waals surface area contributed by atoms with Gasteiger partial charge >= 0.3 is 0 Å². The topological polar surface area (TPSA) is 110 Å². The van der Waals surface area contributed by atoms with Gasteiger partial charge in [-0.05, 0) is 35.4 Å². The molecule has 1 amide bonds. The fraction of sp³-hybridized carbons (Fsp3) is 0.0455. The van der Waals surface area contributed by atoms with E-state index in [9.17, 15) is 22.0 Å². The Morgan fingerprint density at radius 3 is 2.66 bits per heavy atom. The second-order valence-corrected chi connectivity index (χ2v) is 10.3. The van der Waals surface area contributed by atoms with Gasteiger partial charge in [0.1, 0.15) is 22.8 Å². The molecule has 0 radical (unpaired) electrons. The van der Waals surface area contributed by atoms with Crippen LogP contribution in [0.4, 0.5) is 19.6 Å². The van der Waals surface area contributed by atoms with Gasteiger partial charge in [-0.2, -0.15) is 4.37 Å². The monoisotopic (exact) mass is 534 g/mol. The van der Waals surface area contributed by atoms with Gasteiger partial charge < -0.3 is 10.1 Å². The Morgan fingerprint density at radius 1 is 1.06 bits per heavy atom. The molecule has 0 saturated carbocycles. The van der Waals surface area contributed by atoms with Crippen LogP contribution in [-0.4, -0.2) is 23.7 Å². The molecule has 0 atom stereocenters. The Morgan fingerprint density at radius 2 is 1.89 bits per heavy atom. The SMILES string of the molecule is O=C1Cc2ccc(-c3cc(Cl)ccc3Oc3cc(F)c(S(=O)(=O)Nc4ncns4)cc3F)cc2N1. The number of anilines is 2. The van der Waals surface area contributed by atoms with Crippen molar-refractivity contribution >= 4 is 49.9 Å². The first-order valence-corrected chi connectivity index (χ1v) is 12.5. The number of amides is 1. The summed E-state index contributed by atoms with van der Waals surface area (Å²) in [4.78, 5) is 14.4. The first kappa shape index (κ1) is 23.1. The standard InChI is InChI=1S/C22H13ClF2N4O4S2/c23-13-3-4-18(14(7-13)11-1-2-12-6-21(30)28-17(12)5-11)33-19-8-16(25)20(9-15(19)24)35(31,32)29-22-26-10-27-34-22/h1-5,7-10H,6H2,(H,28,30)(H,26,27,29). The number of hydrogen-bond acceptors (Lipinski definition) is 7. The van der Waals surface area contributed by atoms with Crippen molar-refractivity contribution in [2.45, 2.75) is 11.3 Å². The van der Waals surface area contributed by atoms with E-state index in [2.05, 4.69) is 14.7 Å². The minimum Gasteiger partial charge on any atom is -0.454 e. The lowest BCUT2D eigenvalue weighted by Crippen LogP contribution is -2.15. The Balaban J connectivity index is 1.49. The highest BCUT2D eigenvalue weighted by Gasteiger charge is 2.25. The van der Waals surface area contributed by atoms with E-state index in [1.165, 1.54) is 12.1 Å². The van der Waals surface area contributed by atoms with Crippen molar-refractivity contribution in [3.8, 4) is 22.6 Å². The molecule has 0 unspecified atom stereocenters. The van der Waals surface area contributed by atoms with E-state index >= 15 is 0 Å². The predicted octanol–water partition coefficient (Wildman–Crippen LogP) is 5.22. The third kappa shape index (κ3) is 4.67. The number of benzene rings is 3. The zero-order valence-corrected chi connectivity index (χ0v) is 19.8. The normalized spacial score (nSPS) is 12.8. The van der Waals surface area contributed by atoms with Gasteiger partial charge in [0, 0.05) is 39.9 Å². The summed E-state index contributed by atoms with van der Waals surface area (Å²) in [5, 5.41) is 3.02. The molecule has 4 aromatic rings. The molecule has 0 fully saturated rings. The highest BCUT2D eigenvalue weighted by molar-refractivity contribution is 7.93. The predicted molar refractivity (Wildman–Crippen MR) is 126 cm³/mol. The van der Waals surface area contributed by atoms with E-state index in [0.717, 1.165) is 23.4 Å². The van der Waals surface area contributed by atoms with Gasteiger partial charge in [-0.15, -0.1) is 0 Å². The maximum Gasteiger partial charge on any atom is 0.266 e. The van der Waals surface area contributed by atoms with Crippen molar-refractivity contribution in [3.05, 3.63) is 77.1 Å². The number of carbonyl (C=O) groups is 1. The smallest absolute Gasteiger partial charge is 0.266 e. The molecule has 0 spiro atoms. The molecule has 2 N–H and O–H groups in total. The van der Waals surface area contributed by atoms with Gasteiger partial charge in [-0.25, -0.2) is 22.2 Å². The Labute approximate surface area is 206 Å². The van der Waals surface area contributed by atoms with Crippen molar-refractivity contribution in [1.29, 1.82) is 0 Å². The minimum absolute atomic E-state index is 0.0959. The molecule has 1 aliphatic heterocycles. The van der Waals surface area contributed by atoms with Crippen LogP contribution in [0.2, 0.25) is 5.02 Å². The van der Waals surface area contributed by atoms with Gasteiger partial charge in [0.2, 0.25) is 11.0 Å². The molecule has 13 heteroatoms. The molecule has 35 heavy (non-hydrogen) atoms. The molecule has 8 nitrogen and oxygen atoms in total.